The van der Waals surface area contributed by atoms with Crippen LogP contribution in [0.5, 0.6) is 0 Å². The SMILES string of the molecule is Cc1cc(C(C)NC2CCN(C(=O)C3CC3)CC2)c(C)s1. The molecule has 0 bridgehead atoms. The van der Waals surface area contributed by atoms with Crippen molar-refractivity contribution < 1.29 is 4.79 Å². The largest absolute Gasteiger partial charge is 0.342 e. The van der Waals surface area contributed by atoms with Gasteiger partial charge in [0.05, 0.1) is 0 Å². The third-order valence-electron chi connectivity index (χ3n) is 4.76. The Balaban J connectivity index is 1.50. The Morgan fingerprint density at radius 2 is 1.95 bits per heavy atom. The minimum atomic E-state index is 0.366. The van der Waals surface area contributed by atoms with Gasteiger partial charge < -0.3 is 10.2 Å². The summed E-state index contributed by atoms with van der Waals surface area (Å²) < 4.78 is 0. The zero-order chi connectivity index (χ0) is 15.0. The van der Waals surface area contributed by atoms with Crippen LogP contribution in [0.3, 0.4) is 0 Å². The van der Waals surface area contributed by atoms with Gasteiger partial charge in [-0.1, -0.05) is 0 Å². The van der Waals surface area contributed by atoms with Gasteiger partial charge in [-0.05, 0) is 58.1 Å². The van der Waals surface area contributed by atoms with E-state index in [4.69, 9.17) is 0 Å². The summed E-state index contributed by atoms with van der Waals surface area (Å²) >= 11 is 1.88. The fourth-order valence-corrected chi connectivity index (χ4v) is 4.40. The molecule has 3 nitrogen and oxygen atoms in total. The lowest BCUT2D eigenvalue weighted by Crippen LogP contribution is -2.46. The zero-order valence-electron chi connectivity index (χ0n) is 13.3. The van der Waals surface area contributed by atoms with Crippen molar-refractivity contribution in [2.75, 3.05) is 13.1 Å². The number of nitrogens with zero attached hydrogens (tertiary/aromatic N) is 1. The summed E-state index contributed by atoms with van der Waals surface area (Å²) in [5.41, 5.74) is 1.44. The molecule has 1 atom stereocenters. The molecular weight excluding hydrogens is 280 g/mol. The van der Waals surface area contributed by atoms with Crippen molar-refractivity contribution in [3.63, 3.8) is 0 Å². The molecule has 1 saturated carbocycles. The number of hydrogen-bond donors (Lipinski definition) is 1. The number of hydrogen-bond acceptors (Lipinski definition) is 3. The summed E-state index contributed by atoms with van der Waals surface area (Å²) in [5, 5.41) is 3.76. The molecule has 3 rings (SSSR count). The second kappa shape index (κ2) is 6.09. The molecule has 1 saturated heterocycles. The lowest BCUT2D eigenvalue weighted by atomic mass is 10.0. The highest BCUT2D eigenvalue weighted by atomic mass is 32.1. The van der Waals surface area contributed by atoms with Gasteiger partial charge in [0.15, 0.2) is 0 Å². The average Bonchev–Trinajstić information content (AvgIpc) is 3.24. The van der Waals surface area contributed by atoms with Gasteiger partial charge in [0, 0.05) is 40.8 Å². The van der Waals surface area contributed by atoms with E-state index < -0.39 is 0 Å². The highest BCUT2D eigenvalue weighted by Gasteiger charge is 2.35. The summed E-state index contributed by atoms with van der Waals surface area (Å²) in [6.07, 6.45) is 4.41. The minimum Gasteiger partial charge on any atom is -0.342 e. The molecule has 1 aromatic heterocycles. The van der Waals surface area contributed by atoms with Crippen LogP contribution in [0.1, 0.15) is 54.0 Å². The molecule has 0 spiro atoms. The monoisotopic (exact) mass is 306 g/mol. The van der Waals surface area contributed by atoms with Gasteiger partial charge in [-0.25, -0.2) is 0 Å². The molecule has 2 aliphatic rings. The maximum absolute atomic E-state index is 12.1. The standard InChI is InChI=1S/C17H26N2OS/c1-11-10-16(13(3)21-11)12(2)18-15-6-8-19(9-7-15)17(20)14-4-5-14/h10,12,14-15,18H,4-9H2,1-3H3. The van der Waals surface area contributed by atoms with Crippen molar-refractivity contribution in [2.45, 2.75) is 58.5 Å². The van der Waals surface area contributed by atoms with Crippen molar-refractivity contribution in [3.05, 3.63) is 21.4 Å². The maximum Gasteiger partial charge on any atom is 0.225 e. The summed E-state index contributed by atoms with van der Waals surface area (Å²) in [5.74, 6) is 0.774. The molecule has 2 fully saturated rings. The number of nitrogens with one attached hydrogen (secondary N) is 1. The molecule has 1 N–H and O–H groups in total. The molecule has 0 radical (unpaired) electrons. The van der Waals surface area contributed by atoms with Crippen LogP contribution in [-0.4, -0.2) is 29.9 Å². The van der Waals surface area contributed by atoms with Crippen LogP contribution < -0.4 is 5.32 Å². The Kier molecular flexibility index (Phi) is 4.36. The van der Waals surface area contributed by atoms with Crippen LogP contribution >= 0.6 is 11.3 Å². The molecule has 1 unspecified atom stereocenters. The number of carbonyl (C=O) groups is 1. The molecular formula is C17H26N2OS. The lowest BCUT2D eigenvalue weighted by Gasteiger charge is -2.34. The number of rotatable bonds is 4. The summed E-state index contributed by atoms with van der Waals surface area (Å²) in [7, 11) is 0. The number of amides is 1. The summed E-state index contributed by atoms with van der Waals surface area (Å²) in [6, 6.07) is 3.26. The zero-order valence-corrected chi connectivity index (χ0v) is 14.1. The Morgan fingerprint density at radius 1 is 1.29 bits per heavy atom. The Morgan fingerprint density at radius 3 is 2.48 bits per heavy atom. The van der Waals surface area contributed by atoms with Crippen molar-refractivity contribution in [3.8, 4) is 0 Å². The average molecular weight is 306 g/mol. The second-order valence-corrected chi connectivity index (χ2v) is 8.09. The summed E-state index contributed by atoms with van der Waals surface area (Å²) in [4.78, 5) is 17.0. The fourth-order valence-electron chi connectivity index (χ4n) is 3.38. The first-order valence-electron chi connectivity index (χ1n) is 8.16. The molecule has 1 amide bonds. The van der Waals surface area contributed by atoms with Gasteiger partial charge in [-0.2, -0.15) is 0 Å². The van der Waals surface area contributed by atoms with Gasteiger partial charge in [0.25, 0.3) is 0 Å². The van der Waals surface area contributed by atoms with Crippen LogP contribution in [0.2, 0.25) is 0 Å². The van der Waals surface area contributed by atoms with Gasteiger partial charge >= 0.3 is 0 Å². The van der Waals surface area contributed by atoms with E-state index in [0.717, 1.165) is 38.8 Å². The maximum atomic E-state index is 12.1. The Labute approximate surface area is 131 Å². The van der Waals surface area contributed by atoms with E-state index >= 15 is 0 Å². The van der Waals surface area contributed by atoms with Gasteiger partial charge in [0.2, 0.25) is 5.91 Å². The first-order chi connectivity index (χ1) is 10.0. The van der Waals surface area contributed by atoms with Crippen LogP contribution in [0.25, 0.3) is 0 Å². The topological polar surface area (TPSA) is 32.3 Å². The molecule has 0 aromatic carbocycles. The second-order valence-electron chi connectivity index (χ2n) is 6.63. The van der Waals surface area contributed by atoms with Crippen LogP contribution in [0.15, 0.2) is 6.07 Å². The summed E-state index contributed by atoms with van der Waals surface area (Å²) in [6.45, 7) is 8.51. The quantitative estimate of drug-likeness (QED) is 0.924. The number of thiophene rings is 1. The van der Waals surface area contributed by atoms with Crippen LogP contribution in [-0.2, 0) is 4.79 Å². The molecule has 1 aromatic rings. The third kappa shape index (κ3) is 3.49. The first kappa shape index (κ1) is 15.0. The van der Waals surface area contributed by atoms with E-state index in [2.05, 4.69) is 37.1 Å². The van der Waals surface area contributed by atoms with Gasteiger partial charge in [-0.15, -0.1) is 11.3 Å². The van der Waals surface area contributed by atoms with E-state index in [1.54, 1.807) is 0 Å². The third-order valence-corrected chi connectivity index (χ3v) is 5.75. The van der Waals surface area contributed by atoms with E-state index in [1.165, 1.54) is 15.3 Å². The molecule has 116 valence electrons. The fraction of sp³-hybridized carbons (Fsp3) is 0.706. The Bertz CT molecular complexity index is 513. The van der Waals surface area contributed by atoms with E-state index in [9.17, 15) is 4.79 Å². The van der Waals surface area contributed by atoms with Crippen molar-refractivity contribution in [1.29, 1.82) is 0 Å². The van der Waals surface area contributed by atoms with Crippen molar-refractivity contribution in [1.82, 2.24) is 10.2 Å². The number of carbonyl (C=O) groups excluding carboxylic acids is 1. The first-order valence-corrected chi connectivity index (χ1v) is 8.98. The van der Waals surface area contributed by atoms with Crippen molar-refractivity contribution >= 4 is 17.2 Å². The predicted molar refractivity (Wildman–Crippen MR) is 87.7 cm³/mol. The molecule has 2 heterocycles. The van der Waals surface area contributed by atoms with Gasteiger partial charge in [-0.3, -0.25) is 4.79 Å². The molecule has 21 heavy (non-hydrogen) atoms. The highest BCUT2D eigenvalue weighted by Crippen LogP contribution is 2.32. The predicted octanol–water partition coefficient (Wildman–Crippen LogP) is 3.42. The highest BCUT2D eigenvalue weighted by molar-refractivity contribution is 7.12. The van der Waals surface area contributed by atoms with Crippen LogP contribution in [0.4, 0.5) is 0 Å². The van der Waals surface area contributed by atoms with Crippen molar-refractivity contribution in [2.24, 2.45) is 5.92 Å². The van der Waals surface area contributed by atoms with E-state index in [-0.39, 0.29) is 0 Å². The van der Waals surface area contributed by atoms with Gasteiger partial charge in [0.1, 0.15) is 0 Å². The van der Waals surface area contributed by atoms with E-state index in [1.807, 2.05) is 11.3 Å². The number of likely N-dealkylation sites (tertiary alicyclic amines) is 1. The van der Waals surface area contributed by atoms with Crippen LogP contribution in [0, 0.1) is 19.8 Å². The number of aryl methyl sites for hydroxylation is 2. The Hall–Kier alpha value is -0.870. The molecule has 1 aliphatic heterocycles. The molecule has 4 heteroatoms. The molecule has 1 aliphatic carbocycles. The number of piperidine rings is 1. The van der Waals surface area contributed by atoms with E-state index in [0.29, 0.717) is 23.9 Å². The lowest BCUT2D eigenvalue weighted by molar-refractivity contribution is -0.133. The smallest absolute Gasteiger partial charge is 0.225 e. The minimum absolute atomic E-state index is 0.366. The normalized spacial score (nSPS) is 21.6.